The summed E-state index contributed by atoms with van der Waals surface area (Å²) in [5, 5.41) is 4.07. The molecule has 0 bridgehead atoms. The molecule has 2 rings (SSSR count). The quantitative estimate of drug-likeness (QED) is 0.515. The van der Waals surface area contributed by atoms with Crippen molar-refractivity contribution >= 4 is 27.3 Å². The molecule has 0 radical (unpaired) electrons. The maximum atomic E-state index is 12.2. The molecule has 0 unspecified atom stereocenters. The number of aryl methyl sites for hydroxylation is 1. The standard InChI is InChI=1S/C20H25N3O4S/c1-16(9-10-17-7-5-4-6-8-17)21-22-20(24)15-23(28(3,25)26)18-11-13-19(27-2)14-12-18/h4-8,11-14H,9-10,15H2,1-3H3,(H,22,24)/b21-16-. The summed E-state index contributed by atoms with van der Waals surface area (Å²) in [5.74, 6) is 0.0839. The van der Waals surface area contributed by atoms with E-state index in [1.807, 2.05) is 37.3 Å². The highest BCUT2D eigenvalue weighted by atomic mass is 32.2. The van der Waals surface area contributed by atoms with Crippen molar-refractivity contribution in [2.45, 2.75) is 19.8 Å². The summed E-state index contributed by atoms with van der Waals surface area (Å²) >= 11 is 0. The average molecular weight is 404 g/mol. The molecular weight excluding hydrogens is 378 g/mol. The van der Waals surface area contributed by atoms with E-state index in [4.69, 9.17) is 4.74 Å². The van der Waals surface area contributed by atoms with E-state index in [0.717, 1.165) is 22.7 Å². The fourth-order valence-corrected chi connectivity index (χ4v) is 3.35. The molecule has 0 fully saturated rings. The molecule has 0 saturated heterocycles. The Morgan fingerprint density at radius 1 is 1.11 bits per heavy atom. The lowest BCUT2D eigenvalue weighted by molar-refractivity contribution is -0.119. The predicted octanol–water partition coefficient (Wildman–Crippen LogP) is 2.59. The van der Waals surface area contributed by atoms with Gasteiger partial charge in [0, 0.05) is 5.71 Å². The van der Waals surface area contributed by atoms with E-state index in [-0.39, 0.29) is 6.54 Å². The Balaban J connectivity index is 1.97. The second kappa shape index (κ2) is 9.89. The van der Waals surface area contributed by atoms with Crippen LogP contribution in [-0.2, 0) is 21.2 Å². The topological polar surface area (TPSA) is 88.1 Å². The Hall–Kier alpha value is -2.87. The molecule has 2 aromatic carbocycles. The zero-order valence-electron chi connectivity index (χ0n) is 16.3. The molecule has 2 aromatic rings. The SMILES string of the molecule is COc1ccc(N(CC(=O)N/N=C(/C)CCc2ccccc2)S(C)(=O)=O)cc1. The van der Waals surface area contributed by atoms with Crippen molar-refractivity contribution in [2.24, 2.45) is 5.10 Å². The minimum absolute atomic E-state index is 0.360. The van der Waals surface area contributed by atoms with E-state index < -0.39 is 15.9 Å². The number of methoxy groups -OCH3 is 1. The van der Waals surface area contributed by atoms with Gasteiger partial charge in [0.15, 0.2) is 0 Å². The molecule has 0 aliphatic rings. The molecule has 150 valence electrons. The minimum Gasteiger partial charge on any atom is -0.497 e. The van der Waals surface area contributed by atoms with Crippen molar-refractivity contribution in [3.05, 3.63) is 60.2 Å². The lowest BCUT2D eigenvalue weighted by Gasteiger charge is -2.21. The number of carbonyl (C=O) groups is 1. The zero-order valence-corrected chi connectivity index (χ0v) is 17.1. The van der Waals surface area contributed by atoms with Gasteiger partial charge in [-0.05, 0) is 49.6 Å². The molecule has 0 aromatic heterocycles. The highest BCUT2D eigenvalue weighted by molar-refractivity contribution is 7.92. The molecule has 28 heavy (non-hydrogen) atoms. The Morgan fingerprint density at radius 3 is 2.32 bits per heavy atom. The van der Waals surface area contributed by atoms with Crippen LogP contribution in [0.4, 0.5) is 5.69 Å². The second-order valence-corrected chi connectivity index (χ2v) is 8.24. The van der Waals surface area contributed by atoms with Gasteiger partial charge in [0.25, 0.3) is 5.91 Å². The maximum Gasteiger partial charge on any atom is 0.260 e. The summed E-state index contributed by atoms with van der Waals surface area (Å²) in [4.78, 5) is 12.2. The number of nitrogens with zero attached hydrogens (tertiary/aromatic N) is 2. The molecule has 0 aliphatic heterocycles. The average Bonchev–Trinajstić information content (AvgIpc) is 2.69. The van der Waals surface area contributed by atoms with Crippen molar-refractivity contribution in [1.82, 2.24) is 5.43 Å². The fourth-order valence-electron chi connectivity index (χ4n) is 2.50. The lowest BCUT2D eigenvalue weighted by atomic mass is 10.1. The third kappa shape index (κ3) is 6.70. The van der Waals surface area contributed by atoms with Crippen LogP contribution < -0.4 is 14.5 Å². The summed E-state index contributed by atoms with van der Waals surface area (Å²) in [6.45, 7) is 1.46. The summed E-state index contributed by atoms with van der Waals surface area (Å²) in [6, 6.07) is 16.4. The number of ether oxygens (including phenoxy) is 1. The smallest absolute Gasteiger partial charge is 0.260 e. The Morgan fingerprint density at radius 2 is 1.75 bits per heavy atom. The molecule has 7 nitrogen and oxygen atoms in total. The van der Waals surface area contributed by atoms with E-state index in [2.05, 4.69) is 10.5 Å². The third-order valence-corrected chi connectivity index (χ3v) is 5.18. The molecule has 0 heterocycles. The summed E-state index contributed by atoms with van der Waals surface area (Å²) < 4.78 is 30.3. The van der Waals surface area contributed by atoms with Crippen LogP contribution in [0.5, 0.6) is 5.75 Å². The van der Waals surface area contributed by atoms with E-state index in [1.165, 1.54) is 12.7 Å². The first-order valence-electron chi connectivity index (χ1n) is 8.77. The number of benzene rings is 2. The number of nitrogens with one attached hydrogen (secondary N) is 1. The lowest BCUT2D eigenvalue weighted by Crippen LogP contribution is -2.39. The highest BCUT2D eigenvalue weighted by Crippen LogP contribution is 2.21. The van der Waals surface area contributed by atoms with Crippen LogP contribution in [0, 0.1) is 0 Å². The number of carbonyl (C=O) groups excluding carboxylic acids is 1. The Kier molecular flexibility index (Phi) is 7.57. The monoisotopic (exact) mass is 403 g/mol. The molecule has 8 heteroatoms. The van der Waals surface area contributed by atoms with Gasteiger partial charge in [-0.1, -0.05) is 30.3 Å². The summed E-state index contributed by atoms with van der Waals surface area (Å²) in [6.07, 6.45) is 2.56. The number of sulfonamides is 1. The molecule has 0 spiro atoms. The maximum absolute atomic E-state index is 12.2. The van der Waals surface area contributed by atoms with Crippen LogP contribution in [0.2, 0.25) is 0 Å². The van der Waals surface area contributed by atoms with Gasteiger partial charge in [-0.15, -0.1) is 0 Å². The van der Waals surface area contributed by atoms with Gasteiger partial charge >= 0.3 is 0 Å². The third-order valence-electron chi connectivity index (χ3n) is 4.04. The van der Waals surface area contributed by atoms with Gasteiger partial charge in [-0.3, -0.25) is 9.10 Å². The Labute approximate surface area is 166 Å². The number of rotatable bonds is 9. The van der Waals surface area contributed by atoms with E-state index in [1.54, 1.807) is 24.3 Å². The molecule has 1 N–H and O–H groups in total. The number of anilines is 1. The van der Waals surface area contributed by atoms with Gasteiger partial charge < -0.3 is 4.74 Å². The number of hydrogen-bond donors (Lipinski definition) is 1. The normalized spacial score (nSPS) is 11.8. The highest BCUT2D eigenvalue weighted by Gasteiger charge is 2.20. The van der Waals surface area contributed by atoms with E-state index >= 15 is 0 Å². The summed E-state index contributed by atoms with van der Waals surface area (Å²) in [7, 11) is -2.11. The van der Waals surface area contributed by atoms with Gasteiger partial charge in [0.1, 0.15) is 12.3 Å². The molecule has 0 saturated carbocycles. The second-order valence-electron chi connectivity index (χ2n) is 6.34. The van der Waals surface area contributed by atoms with Crippen LogP contribution in [0.15, 0.2) is 59.7 Å². The minimum atomic E-state index is -3.63. The molecular formula is C20H25N3O4S. The van der Waals surface area contributed by atoms with Crippen LogP contribution in [-0.4, -0.2) is 39.9 Å². The van der Waals surface area contributed by atoms with E-state index in [9.17, 15) is 13.2 Å². The predicted molar refractivity (Wildman–Crippen MR) is 111 cm³/mol. The van der Waals surface area contributed by atoms with Crippen molar-refractivity contribution in [2.75, 3.05) is 24.2 Å². The van der Waals surface area contributed by atoms with Crippen molar-refractivity contribution in [3.63, 3.8) is 0 Å². The van der Waals surface area contributed by atoms with Crippen LogP contribution in [0.1, 0.15) is 18.9 Å². The first-order valence-corrected chi connectivity index (χ1v) is 10.6. The molecule has 0 aliphatic carbocycles. The van der Waals surface area contributed by atoms with Gasteiger partial charge in [0.2, 0.25) is 10.0 Å². The number of hydrazone groups is 1. The zero-order chi connectivity index (χ0) is 20.6. The molecule has 1 amide bonds. The van der Waals surface area contributed by atoms with Crippen molar-refractivity contribution in [1.29, 1.82) is 0 Å². The van der Waals surface area contributed by atoms with E-state index in [0.29, 0.717) is 17.9 Å². The summed E-state index contributed by atoms with van der Waals surface area (Å²) in [5.41, 5.74) is 4.75. The van der Waals surface area contributed by atoms with Gasteiger partial charge in [-0.2, -0.15) is 5.10 Å². The first-order chi connectivity index (χ1) is 13.3. The number of amides is 1. The van der Waals surface area contributed by atoms with Crippen LogP contribution in [0.25, 0.3) is 0 Å². The van der Waals surface area contributed by atoms with Gasteiger partial charge in [-0.25, -0.2) is 13.8 Å². The molecule has 0 atom stereocenters. The van der Waals surface area contributed by atoms with Crippen LogP contribution in [0.3, 0.4) is 0 Å². The van der Waals surface area contributed by atoms with Crippen molar-refractivity contribution < 1.29 is 17.9 Å². The fraction of sp³-hybridized carbons (Fsp3) is 0.300. The van der Waals surface area contributed by atoms with Crippen molar-refractivity contribution in [3.8, 4) is 5.75 Å². The van der Waals surface area contributed by atoms with Crippen LogP contribution >= 0.6 is 0 Å². The van der Waals surface area contributed by atoms with Gasteiger partial charge in [0.05, 0.1) is 19.1 Å². The largest absolute Gasteiger partial charge is 0.497 e. The Bertz CT molecular complexity index is 910. The first kappa shape index (κ1) is 21.4. The number of hydrogen-bond acceptors (Lipinski definition) is 5.